The average Bonchev–Trinajstić information content (AvgIpc) is 3.30. The van der Waals surface area contributed by atoms with Crippen molar-refractivity contribution in [3.05, 3.63) is 24.3 Å². The first-order chi connectivity index (χ1) is 15.4. The standard InChI is InChI=1S/C21H30N6O3S2/c1-3-26(4-2)32(29,30)18-11-7-16(8-12-18)22-19(28)15-31-21-24-23-20(25-13-5-6-14-25)27(21)17-9-10-17/h7-8,11-12,17H,3-6,9-10,13-15H2,1-2H3,(H,22,28). The molecule has 0 unspecified atom stereocenters. The normalized spacial score (nSPS) is 16.7. The Labute approximate surface area is 193 Å². The molecule has 2 aliphatic rings. The van der Waals surface area contributed by atoms with Gasteiger partial charge in [-0.25, -0.2) is 8.42 Å². The summed E-state index contributed by atoms with van der Waals surface area (Å²) in [7, 11) is -3.51. The summed E-state index contributed by atoms with van der Waals surface area (Å²) in [5.41, 5.74) is 0.565. The lowest BCUT2D eigenvalue weighted by molar-refractivity contribution is -0.113. The number of nitrogens with one attached hydrogen (secondary N) is 1. The molecule has 2 heterocycles. The largest absolute Gasteiger partial charge is 0.341 e. The first kappa shape index (κ1) is 23.1. The number of hydrogen-bond acceptors (Lipinski definition) is 7. The maximum Gasteiger partial charge on any atom is 0.243 e. The molecule has 1 N–H and O–H groups in total. The predicted octanol–water partition coefficient (Wildman–Crippen LogP) is 2.97. The second-order valence-corrected chi connectivity index (χ2v) is 10.9. The van der Waals surface area contributed by atoms with Crippen LogP contribution in [0.15, 0.2) is 34.3 Å². The summed E-state index contributed by atoms with van der Waals surface area (Å²) < 4.78 is 28.8. The molecule has 1 aromatic heterocycles. The number of carbonyl (C=O) groups is 1. The van der Waals surface area contributed by atoms with Gasteiger partial charge in [-0.1, -0.05) is 25.6 Å². The number of hydrogen-bond donors (Lipinski definition) is 1. The van der Waals surface area contributed by atoms with Gasteiger partial charge in [-0.15, -0.1) is 10.2 Å². The number of anilines is 2. The number of carbonyl (C=O) groups excluding carboxylic acids is 1. The summed E-state index contributed by atoms with van der Waals surface area (Å²) in [5, 5.41) is 12.4. The summed E-state index contributed by atoms with van der Waals surface area (Å²) in [6, 6.07) is 6.74. The summed E-state index contributed by atoms with van der Waals surface area (Å²) in [5.74, 6) is 0.977. The molecular formula is C21H30N6O3S2. The molecule has 1 saturated heterocycles. The molecule has 1 aliphatic carbocycles. The Balaban J connectivity index is 1.37. The SMILES string of the molecule is CCN(CC)S(=O)(=O)c1ccc(NC(=O)CSc2nnc(N3CCCC3)n2C2CC2)cc1. The van der Waals surface area contributed by atoms with Gasteiger partial charge >= 0.3 is 0 Å². The lowest BCUT2D eigenvalue weighted by Gasteiger charge is -2.18. The smallest absolute Gasteiger partial charge is 0.243 e. The topological polar surface area (TPSA) is 100 Å². The first-order valence-electron chi connectivity index (χ1n) is 11.2. The monoisotopic (exact) mass is 478 g/mol. The van der Waals surface area contributed by atoms with Crippen LogP contribution in [0.3, 0.4) is 0 Å². The summed E-state index contributed by atoms with van der Waals surface area (Å²) in [6.45, 7) is 6.47. The van der Waals surface area contributed by atoms with E-state index in [4.69, 9.17) is 0 Å². The second kappa shape index (κ2) is 9.80. The summed E-state index contributed by atoms with van der Waals surface area (Å²) in [4.78, 5) is 15.0. The molecule has 4 rings (SSSR count). The quantitative estimate of drug-likeness (QED) is 0.524. The number of benzene rings is 1. The van der Waals surface area contributed by atoms with Crippen molar-refractivity contribution < 1.29 is 13.2 Å². The Kier molecular flexibility index (Phi) is 7.06. The Morgan fingerprint density at radius 1 is 1.12 bits per heavy atom. The van der Waals surface area contributed by atoms with Crippen LogP contribution in [0.4, 0.5) is 11.6 Å². The Bertz CT molecular complexity index is 1040. The van der Waals surface area contributed by atoms with Crippen molar-refractivity contribution in [1.82, 2.24) is 19.1 Å². The minimum absolute atomic E-state index is 0.164. The van der Waals surface area contributed by atoms with Crippen LogP contribution in [0.25, 0.3) is 0 Å². The number of rotatable bonds is 10. The maximum atomic E-state index is 12.6. The minimum Gasteiger partial charge on any atom is -0.341 e. The molecule has 1 aliphatic heterocycles. The number of nitrogens with zero attached hydrogens (tertiary/aromatic N) is 5. The van der Waals surface area contributed by atoms with E-state index in [0.717, 1.165) is 37.0 Å². The Morgan fingerprint density at radius 3 is 2.38 bits per heavy atom. The molecule has 1 amide bonds. The molecule has 2 fully saturated rings. The van der Waals surface area contributed by atoms with Crippen molar-refractivity contribution in [1.29, 1.82) is 0 Å². The fourth-order valence-corrected chi connectivity index (χ4v) is 6.16. The van der Waals surface area contributed by atoms with Crippen molar-refractivity contribution in [2.45, 2.75) is 55.6 Å². The highest BCUT2D eigenvalue weighted by atomic mass is 32.2. The minimum atomic E-state index is -3.51. The first-order valence-corrected chi connectivity index (χ1v) is 13.6. The van der Waals surface area contributed by atoms with E-state index in [-0.39, 0.29) is 16.6 Å². The lowest BCUT2D eigenvalue weighted by atomic mass is 10.3. The van der Waals surface area contributed by atoms with Gasteiger partial charge in [0.25, 0.3) is 0 Å². The van der Waals surface area contributed by atoms with Crippen LogP contribution in [0, 0.1) is 0 Å². The van der Waals surface area contributed by atoms with E-state index >= 15 is 0 Å². The van der Waals surface area contributed by atoms with Gasteiger partial charge in [0.15, 0.2) is 5.16 Å². The van der Waals surface area contributed by atoms with Crippen LogP contribution in [-0.2, 0) is 14.8 Å². The Hall–Kier alpha value is -2.11. The molecule has 0 bridgehead atoms. The zero-order valence-electron chi connectivity index (χ0n) is 18.5. The number of sulfonamides is 1. The summed E-state index contributed by atoms with van der Waals surface area (Å²) >= 11 is 1.39. The number of amides is 1. The molecule has 32 heavy (non-hydrogen) atoms. The van der Waals surface area contributed by atoms with Crippen LogP contribution in [-0.4, -0.2) is 65.3 Å². The van der Waals surface area contributed by atoms with Crippen molar-refractivity contribution in [2.75, 3.05) is 42.1 Å². The van der Waals surface area contributed by atoms with E-state index < -0.39 is 10.0 Å². The van der Waals surface area contributed by atoms with Crippen LogP contribution >= 0.6 is 11.8 Å². The molecule has 0 atom stereocenters. The van der Waals surface area contributed by atoms with Crippen LogP contribution < -0.4 is 10.2 Å². The van der Waals surface area contributed by atoms with Gasteiger partial charge in [-0.2, -0.15) is 4.31 Å². The zero-order chi connectivity index (χ0) is 22.7. The molecule has 174 valence electrons. The fraction of sp³-hybridized carbons (Fsp3) is 0.571. The molecular weight excluding hydrogens is 448 g/mol. The van der Waals surface area contributed by atoms with Crippen molar-refractivity contribution in [2.24, 2.45) is 0 Å². The number of thioether (sulfide) groups is 1. The van der Waals surface area contributed by atoms with E-state index in [1.807, 2.05) is 13.8 Å². The van der Waals surface area contributed by atoms with Gasteiger partial charge in [0.1, 0.15) is 0 Å². The average molecular weight is 479 g/mol. The van der Waals surface area contributed by atoms with Crippen molar-refractivity contribution >= 4 is 39.3 Å². The third-order valence-electron chi connectivity index (χ3n) is 5.76. The molecule has 11 heteroatoms. The van der Waals surface area contributed by atoms with Gasteiger partial charge in [0.2, 0.25) is 21.9 Å². The molecule has 2 aromatic rings. The van der Waals surface area contributed by atoms with Gasteiger partial charge in [0.05, 0.1) is 10.6 Å². The highest BCUT2D eigenvalue weighted by Crippen LogP contribution is 2.41. The molecule has 1 saturated carbocycles. The van der Waals surface area contributed by atoms with Gasteiger partial charge < -0.3 is 10.2 Å². The predicted molar refractivity (Wildman–Crippen MR) is 126 cm³/mol. The highest BCUT2D eigenvalue weighted by Gasteiger charge is 2.32. The molecule has 0 radical (unpaired) electrons. The fourth-order valence-electron chi connectivity index (χ4n) is 3.90. The van der Waals surface area contributed by atoms with E-state index in [0.29, 0.717) is 24.8 Å². The lowest BCUT2D eigenvalue weighted by Crippen LogP contribution is -2.30. The molecule has 9 nitrogen and oxygen atoms in total. The number of aromatic nitrogens is 3. The van der Waals surface area contributed by atoms with E-state index in [9.17, 15) is 13.2 Å². The zero-order valence-corrected chi connectivity index (χ0v) is 20.2. The van der Waals surface area contributed by atoms with Gasteiger partial charge in [-0.05, 0) is 49.9 Å². The van der Waals surface area contributed by atoms with Crippen LogP contribution in [0.2, 0.25) is 0 Å². The Morgan fingerprint density at radius 2 is 1.78 bits per heavy atom. The van der Waals surface area contributed by atoms with E-state index in [2.05, 4.69) is 25.0 Å². The van der Waals surface area contributed by atoms with Crippen molar-refractivity contribution in [3.63, 3.8) is 0 Å². The molecule has 0 spiro atoms. The second-order valence-electron chi connectivity index (χ2n) is 8.03. The highest BCUT2D eigenvalue weighted by molar-refractivity contribution is 7.99. The van der Waals surface area contributed by atoms with E-state index in [1.165, 1.54) is 41.0 Å². The van der Waals surface area contributed by atoms with Gasteiger partial charge in [-0.3, -0.25) is 9.36 Å². The third-order valence-corrected chi connectivity index (χ3v) is 8.77. The maximum absolute atomic E-state index is 12.6. The van der Waals surface area contributed by atoms with E-state index in [1.54, 1.807) is 12.1 Å². The van der Waals surface area contributed by atoms with Crippen LogP contribution in [0.1, 0.15) is 45.6 Å². The molecule has 1 aromatic carbocycles. The third kappa shape index (κ3) is 4.94. The van der Waals surface area contributed by atoms with Gasteiger partial charge in [0, 0.05) is 37.9 Å². The van der Waals surface area contributed by atoms with Crippen molar-refractivity contribution in [3.8, 4) is 0 Å². The summed E-state index contributed by atoms with van der Waals surface area (Å²) in [6.07, 6.45) is 4.61. The van der Waals surface area contributed by atoms with Crippen LogP contribution in [0.5, 0.6) is 0 Å².